The first kappa shape index (κ1) is 22.5. The Labute approximate surface area is 168 Å². The molecule has 0 bridgehead atoms. The first-order chi connectivity index (χ1) is 13.2. The van der Waals surface area contributed by atoms with Crippen LogP contribution in [0.4, 0.5) is 0 Å². The van der Waals surface area contributed by atoms with E-state index in [1.807, 2.05) is 20.8 Å². The van der Waals surface area contributed by atoms with E-state index in [1.165, 1.54) is 12.1 Å². The van der Waals surface area contributed by atoms with Crippen LogP contribution in [0.2, 0.25) is 0 Å². The summed E-state index contributed by atoms with van der Waals surface area (Å²) in [6.45, 7) is 8.52. The number of ether oxygens (including phenoxy) is 2. The maximum absolute atomic E-state index is 12.8. The van der Waals surface area contributed by atoms with E-state index in [1.54, 1.807) is 6.07 Å². The van der Waals surface area contributed by atoms with Gasteiger partial charge >= 0.3 is 0 Å². The second-order valence-corrected chi connectivity index (χ2v) is 9.27. The minimum Gasteiger partial charge on any atom is -0.486 e. The number of hydrogen-bond donors (Lipinski definition) is 2. The predicted octanol–water partition coefficient (Wildman–Crippen LogP) is 2.85. The van der Waals surface area contributed by atoms with E-state index in [0.29, 0.717) is 24.7 Å². The second kappa shape index (κ2) is 10.1. The zero-order valence-corrected chi connectivity index (χ0v) is 18.0. The summed E-state index contributed by atoms with van der Waals surface area (Å²) in [5, 5.41) is 2.93. The molecule has 158 valence electrons. The van der Waals surface area contributed by atoms with Gasteiger partial charge in [0.1, 0.15) is 19.3 Å². The van der Waals surface area contributed by atoms with Gasteiger partial charge in [0.15, 0.2) is 11.5 Å². The molecule has 1 aliphatic heterocycles. The Balaban J connectivity index is 2.08. The van der Waals surface area contributed by atoms with Crippen LogP contribution < -0.4 is 19.5 Å². The van der Waals surface area contributed by atoms with Gasteiger partial charge in [-0.2, -0.15) is 4.72 Å². The average Bonchev–Trinajstić information content (AvgIpc) is 2.65. The highest BCUT2D eigenvalue weighted by atomic mass is 32.2. The molecule has 1 amide bonds. The summed E-state index contributed by atoms with van der Waals surface area (Å²) in [7, 11) is -3.89. The van der Waals surface area contributed by atoms with Crippen LogP contribution in [0.25, 0.3) is 0 Å². The van der Waals surface area contributed by atoms with Crippen LogP contribution in [0.1, 0.15) is 53.4 Å². The topological polar surface area (TPSA) is 93.7 Å². The summed E-state index contributed by atoms with van der Waals surface area (Å²) in [6, 6.07) is 3.60. The third-order valence-corrected chi connectivity index (χ3v) is 6.12. The molecular weight excluding hydrogens is 380 g/mol. The van der Waals surface area contributed by atoms with Gasteiger partial charge in [-0.15, -0.1) is 0 Å². The molecule has 1 aromatic rings. The van der Waals surface area contributed by atoms with E-state index < -0.39 is 16.1 Å². The largest absolute Gasteiger partial charge is 0.486 e. The molecule has 0 fully saturated rings. The maximum Gasteiger partial charge on any atom is 0.241 e. The summed E-state index contributed by atoms with van der Waals surface area (Å²) in [6.07, 6.45) is 4.14. The van der Waals surface area contributed by atoms with Gasteiger partial charge in [-0.1, -0.05) is 40.0 Å². The van der Waals surface area contributed by atoms with E-state index in [-0.39, 0.29) is 22.8 Å². The monoisotopic (exact) mass is 412 g/mol. The number of sulfonamides is 1. The average molecular weight is 413 g/mol. The number of hydrogen-bond acceptors (Lipinski definition) is 5. The molecule has 2 rings (SSSR count). The highest BCUT2D eigenvalue weighted by Gasteiger charge is 2.29. The first-order valence-corrected chi connectivity index (χ1v) is 11.4. The molecule has 8 heteroatoms. The quantitative estimate of drug-likeness (QED) is 0.577. The Morgan fingerprint density at radius 2 is 1.79 bits per heavy atom. The molecule has 2 N–H and O–H groups in total. The molecule has 0 saturated heterocycles. The lowest BCUT2D eigenvalue weighted by atomic mass is 10.0. The van der Waals surface area contributed by atoms with Crippen LogP contribution in [0.3, 0.4) is 0 Å². The first-order valence-electron chi connectivity index (χ1n) is 9.97. The van der Waals surface area contributed by atoms with Crippen LogP contribution in [0.15, 0.2) is 23.1 Å². The number of fused-ring (bicyclic) bond motifs is 1. The Kier molecular flexibility index (Phi) is 8.12. The standard InChI is InChI=1S/C20H32N2O5S/c1-5-6-7-8-15(4)21-20(23)19(14(2)3)22-28(24,25)16-9-10-17-18(13-16)27-12-11-26-17/h9-10,13-15,19,22H,5-8,11-12H2,1-4H3,(H,21,23)/t15?,19-/m0/s1. The Hall–Kier alpha value is -1.80. The molecule has 0 radical (unpaired) electrons. The fourth-order valence-corrected chi connectivity index (χ4v) is 4.38. The number of rotatable bonds is 10. The van der Waals surface area contributed by atoms with Crippen molar-refractivity contribution >= 4 is 15.9 Å². The number of nitrogens with one attached hydrogen (secondary N) is 2. The molecule has 1 heterocycles. The van der Waals surface area contributed by atoms with Gasteiger partial charge in [-0.05, 0) is 31.4 Å². The van der Waals surface area contributed by atoms with Crippen LogP contribution in [-0.4, -0.2) is 39.6 Å². The Morgan fingerprint density at radius 1 is 1.11 bits per heavy atom. The molecule has 1 unspecified atom stereocenters. The van der Waals surface area contributed by atoms with Crippen LogP contribution in [0.5, 0.6) is 11.5 Å². The SMILES string of the molecule is CCCCCC(C)NC(=O)[C@@H](NS(=O)(=O)c1ccc2c(c1)OCCO2)C(C)C. The lowest BCUT2D eigenvalue weighted by molar-refractivity contribution is -0.124. The van der Waals surface area contributed by atoms with Gasteiger partial charge < -0.3 is 14.8 Å². The van der Waals surface area contributed by atoms with Crippen LogP contribution >= 0.6 is 0 Å². The van der Waals surface area contributed by atoms with E-state index >= 15 is 0 Å². The molecule has 28 heavy (non-hydrogen) atoms. The van der Waals surface area contributed by atoms with Gasteiger partial charge in [-0.25, -0.2) is 8.42 Å². The fourth-order valence-electron chi connectivity index (χ4n) is 3.02. The van der Waals surface area contributed by atoms with Crippen molar-refractivity contribution < 1.29 is 22.7 Å². The van der Waals surface area contributed by atoms with Crippen molar-refractivity contribution in [2.24, 2.45) is 5.92 Å². The minimum absolute atomic E-state index is 0.000836. The van der Waals surface area contributed by atoms with Crippen molar-refractivity contribution in [1.29, 1.82) is 0 Å². The maximum atomic E-state index is 12.8. The lowest BCUT2D eigenvalue weighted by Gasteiger charge is -2.24. The molecule has 7 nitrogen and oxygen atoms in total. The van der Waals surface area contributed by atoms with Crippen molar-refractivity contribution in [3.63, 3.8) is 0 Å². The molecule has 0 aromatic heterocycles. The number of carbonyl (C=O) groups excluding carboxylic acids is 1. The molecule has 0 saturated carbocycles. The second-order valence-electron chi connectivity index (χ2n) is 7.55. The molecule has 1 aromatic carbocycles. The van der Waals surface area contributed by atoms with Crippen molar-refractivity contribution in [2.75, 3.05) is 13.2 Å². The molecule has 2 atom stereocenters. The summed E-state index contributed by atoms with van der Waals surface area (Å²) in [5.74, 6) is 0.406. The van der Waals surface area contributed by atoms with Crippen molar-refractivity contribution in [3.8, 4) is 11.5 Å². The van der Waals surface area contributed by atoms with Crippen molar-refractivity contribution in [3.05, 3.63) is 18.2 Å². The summed E-state index contributed by atoms with van der Waals surface area (Å²) in [4.78, 5) is 12.7. The zero-order valence-electron chi connectivity index (χ0n) is 17.2. The highest BCUT2D eigenvalue weighted by Crippen LogP contribution is 2.32. The smallest absolute Gasteiger partial charge is 0.241 e. The summed E-state index contributed by atoms with van der Waals surface area (Å²) in [5.41, 5.74) is 0. The fraction of sp³-hybridized carbons (Fsp3) is 0.650. The van der Waals surface area contributed by atoms with E-state index in [0.717, 1.165) is 25.7 Å². The number of carbonyl (C=O) groups is 1. The van der Waals surface area contributed by atoms with E-state index in [9.17, 15) is 13.2 Å². The van der Waals surface area contributed by atoms with Crippen molar-refractivity contribution in [2.45, 2.75) is 70.4 Å². The third kappa shape index (κ3) is 6.10. The molecular formula is C20H32N2O5S. The van der Waals surface area contributed by atoms with Gasteiger partial charge in [0, 0.05) is 12.1 Å². The Bertz CT molecular complexity index is 764. The number of unbranched alkanes of at least 4 members (excludes halogenated alkanes) is 2. The van der Waals surface area contributed by atoms with E-state index in [2.05, 4.69) is 17.0 Å². The predicted molar refractivity (Wildman–Crippen MR) is 108 cm³/mol. The molecule has 0 aliphatic carbocycles. The van der Waals surface area contributed by atoms with E-state index in [4.69, 9.17) is 9.47 Å². The van der Waals surface area contributed by atoms with Gasteiger partial charge in [0.2, 0.25) is 15.9 Å². The third-order valence-electron chi connectivity index (χ3n) is 4.68. The highest BCUT2D eigenvalue weighted by molar-refractivity contribution is 7.89. The van der Waals surface area contributed by atoms with Gasteiger partial charge in [0.25, 0.3) is 0 Å². The summed E-state index contributed by atoms with van der Waals surface area (Å²) >= 11 is 0. The number of amides is 1. The lowest BCUT2D eigenvalue weighted by Crippen LogP contribution is -2.51. The minimum atomic E-state index is -3.89. The zero-order chi connectivity index (χ0) is 20.7. The normalized spacial score (nSPS) is 15.9. The van der Waals surface area contributed by atoms with Gasteiger partial charge in [-0.3, -0.25) is 4.79 Å². The van der Waals surface area contributed by atoms with Gasteiger partial charge in [0.05, 0.1) is 4.90 Å². The summed E-state index contributed by atoms with van der Waals surface area (Å²) < 4.78 is 39.1. The van der Waals surface area contributed by atoms with Crippen molar-refractivity contribution in [1.82, 2.24) is 10.0 Å². The molecule has 0 spiro atoms. The Morgan fingerprint density at radius 3 is 2.43 bits per heavy atom. The molecule has 1 aliphatic rings. The number of benzene rings is 1. The van der Waals surface area contributed by atoms with Crippen LogP contribution in [-0.2, 0) is 14.8 Å². The van der Waals surface area contributed by atoms with Crippen LogP contribution in [0, 0.1) is 5.92 Å².